The first-order valence-corrected chi connectivity index (χ1v) is 6.70. The molecule has 0 radical (unpaired) electrons. The van der Waals surface area contributed by atoms with E-state index in [4.69, 9.17) is 4.74 Å². The Labute approximate surface area is 109 Å². The largest absolute Gasteiger partial charge is 0.388 e. The van der Waals surface area contributed by atoms with E-state index in [2.05, 4.69) is 15.9 Å². The Morgan fingerprint density at radius 2 is 2.29 bits per heavy atom. The lowest BCUT2D eigenvalue weighted by Crippen LogP contribution is -2.08. The second-order valence-electron chi connectivity index (χ2n) is 4.43. The summed E-state index contributed by atoms with van der Waals surface area (Å²) in [5, 5.41) is 9.99. The van der Waals surface area contributed by atoms with Crippen molar-refractivity contribution in [3.63, 3.8) is 0 Å². The van der Waals surface area contributed by atoms with E-state index in [9.17, 15) is 9.50 Å². The normalized spacial score (nSPS) is 21.7. The lowest BCUT2D eigenvalue weighted by Gasteiger charge is -2.14. The van der Waals surface area contributed by atoms with E-state index in [1.807, 2.05) is 0 Å². The molecule has 2 nitrogen and oxygen atoms in total. The van der Waals surface area contributed by atoms with Crippen LogP contribution in [0, 0.1) is 5.82 Å². The van der Waals surface area contributed by atoms with Crippen LogP contribution in [0.4, 0.5) is 4.39 Å². The lowest BCUT2D eigenvalue weighted by atomic mass is 10.0. The molecule has 1 aromatic rings. The highest BCUT2D eigenvalue weighted by atomic mass is 79.9. The van der Waals surface area contributed by atoms with Gasteiger partial charge in [-0.3, -0.25) is 0 Å². The second kappa shape index (κ2) is 5.94. The third-order valence-electron chi connectivity index (χ3n) is 3.06. The second-order valence-corrected chi connectivity index (χ2v) is 5.35. The molecule has 0 spiro atoms. The SMILES string of the molecule is OC(CCC1CCCO1)c1cc(F)cc(Br)c1. The Morgan fingerprint density at radius 1 is 1.47 bits per heavy atom. The predicted molar refractivity (Wildman–Crippen MR) is 67.3 cm³/mol. The summed E-state index contributed by atoms with van der Waals surface area (Å²) in [4.78, 5) is 0. The molecule has 0 saturated carbocycles. The monoisotopic (exact) mass is 302 g/mol. The van der Waals surface area contributed by atoms with Gasteiger partial charge in [0.2, 0.25) is 0 Å². The first-order chi connectivity index (χ1) is 8.15. The number of ether oxygens (including phenoxy) is 1. The van der Waals surface area contributed by atoms with Gasteiger partial charge in [0.1, 0.15) is 5.82 Å². The van der Waals surface area contributed by atoms with Crippen LogP contribution in [0.5, 0.6) is 0 Å². The van der Waals surface area contributed by atoms with Gasteiger partial charge in [-0.25, -0.2) is 4.39 Å². The maximum atomic E-state index is 13.2. The molecule has 0 amide bonds. The molecular weight excluding hydrogens is 287 g/mol. The van der Waals surface area contributed by atoms with Crippen LogP contribution in [-0.4, -0.2) is 17.8 Å². The van der Waals surface area contributed by atoms with Crippen LogP contribution < -0.4 is 0 Å². The summed E-state index contributed by atoms with van der Waals surface area (Å²) in [6, 6.07) is 4.52. The van der Waals surface area contributed by atoms with E-state index in [-0.39, 0.29) is 11.9 Å². The van der Waals surface area contributed by atoms with Crippen LogP contribution in [-0.2, 0) is 4.74 Å². The Bertz CT molecular complexity index is 357. The highest BCUT2D eigenvalue weighted by Crippen LogP contribution is 2.26. The Hall–Kier alpha value is -0.450. The highest BCUT2D eigenvalue weighted by Gasteiger charge is 2.18. The molecule has 1 aliphatic heterocycles. The van der Waals surface area contributed by atoms with Gasteiger partial charge in [0.15, 0.2) is 0 Å². The summed E-state index contributed by atoms with van der Waals surface area (Å²) in [5.74, 6) is -0.328. The molecule has 2 atom stereocenters. The fourth-order valence-corrected chi connectivity index (χ4v) is 2.63. The summed E-state index contributed by atoms with van der Waals surface area (Å²) < 4.78 is 19.3. The van der Waals surface area contributed by atoms with Gasteiger partial charge in [-0.2, -0.15) is 0 Å². The molecule has 2 unspecified atom stereocenters. The molecular formula is C13H16BrFO2. The van der Waals surface area contributed by atoms with Gasteiger partial charge < -0.3 is 9.84 Å². The average Bonchev–Trinajstić information content (AvgIpc) is 2.77. The van der Waals surface area contributed by atoms with Crippen LogP contribution >= 0.6 is 15.9 Å². The Balaban J connectivity index is 1.91. The third-order valence-corrected chi connectivity index (χ3v) is 3.51. The lowest BCUT2D eigenvalue weighted by molar-refractivity contribution is 0.0811. The number of hydrogen-bond acceptors (Lipinski definition) is 2. The van der Waals surface area contributed by atoms with Crippen molar-refractivity contribution < 1.29 is 14.2 Å². The van der Waals surface area contributed by atoms with Gasteiger partial charge >= 0.3 is 0 Å². The van der Waals surface area contributed by atoms with E-state index in [1.165, 1.54) is 12.1 Å². The molecule has 1 aliphatic rings. The molecule has 1 N–H and O–H groups in total. The maximum Gasteiger partial charge on any atom is 0.124 e. The van der Waals surface area contributed by atoms with Crippen LogP contribution in [0.2, 0.25) is 0 Å². The number of halogens is 2. The number of benzene rings is 1. The fraction of sp³-hybridized carbons (Fsp3) is 0.538. The zero-order valence-electron chi connectivity index (χ0n) is 9.53. The van der Waals surface area contributed by atoms with E-state index in [0.717, 1.165) is 25.9 Å². The van der Waals surface area contributed by atoms with E-state index < -0.39 is 6.10 Å². The molecule has 1 aromatic carbocycles. The molecule has 0 aromatic heterocycles. The zero-order valence-corrected chi connectivity index (χ0v) is 11.1. The van der Waals surface area contributed by atoms with Gasteiger partial charge in [0.25, 0.3) is 0 Å². The van der Waals surface area contributed by atoms with Crippen molar-refractivity contribution in [3.05, 3.63) is 34.1 Å². The summed E-state index contributed by atoms with van der Waals surface area (Å²) in [7, 11) is 0. The summed E-state index contributed by atoms with van der Waals surface area (Å²) in [6.45, 7) is 0.826. The first-order valence-electron chi connectivity index (χ1n) is 5.91. The van der Waals surface area contributed by atoms with Gasteiger partial charge in [-0.15, -0.1) is 0 Å². The summed E-state index contributed by atoms with van der Waals surface area (Å²) >= 11 is 3.22. The van der Waals surface area contributed by atoms with E-state index in [1.54, 1.807) is 6.07 Å². The van der Waals surface area contributed by atoms with Crippen molar-refractivity contribution in [1.82, 2.24) is 0 Å². The van der Waals surface area contributed by atoms with Crippen molar-refractivity contribution in [1.29, 1.82) is 0 Å². The van der Waals surface area contributed by atoms with Gasteiger partial charge in [0.05, 0.1) is 12.2 Å². The molecule has 4 heteroatoms. The summed E-state index contributed by atoms with van der Waals surface area (Å²) in [6.07, 6.45) is 3.26. The standard InChI is InChI=1S/C13H16BrFO2/c14-10-6-9(7-11(15)8-10)13(16)4-3-12-2-1-5-17-12/h6-8,12-13,16H,1-5H2. The zero-order chi connectivity index (χ0) is 12.3. The average molecular weight is 303 g/mol. The fourth-order valence-electron chi connectivity index (χ4n) is 2.15. The minimum Gasteiger partial charge on any atom is -0.388 e. The Morgan fingerprint density at radius 3 is 2.94 bits per heavy atom. The molecule has 94 valence electrons. The van der Waals surface area contributed by atoms with Crippen LogP contribution in [0.25, 0.3) is 0 Å². The molecule has 1 saturated heterocycles. The first kappa shape index (κ1) is 13.0. The van der Waals surface area contributed by atoms with Gasteiger partial charge in [-0.05, 0) is 49.4 Å². The number of aliphatic hydroxyl groups is 1. The maximum absolute atomic E-state index is 13.2. The van der Waals surface area contributed by atoms with Crippen molar-refractivity contribution in [2.75, 3.05) is 6.61 Å². The van der Waals surface area contributed by atoms with Crippen LogP contribution in [0.3, 0.4) is 0 Å². The quantitative estimate of drug-likeness (QED) is 0.921. The molecule has 0 bridgehead atoms. The van der Waals surface area contributed by atoms with Crippen molar-refractivity contribution in [3.8, 4) is 0 Å². The van der Waals surface area contributed by atoms with Crippen molar-refractivity contribution >= 4 is 15.9 Å². The Kier molecular flexibility index (Phi) is 4.54. The van der Waals surface area contributed by atoms with Gasteiger partial charge in [-0.1, -0.05) is 15.9 Å². The number of rotatable bonds is 4. The molecule has 1 fully saturated rings. The van der Waals surface area contributed by atoms with Crippen molar-refractivity contribution in [2.45, 2.75) is 37.9 Å². The predicted octanol–water partition coefficient (Wildman–Crippen LogP) is 3.58. The van der Waals surface area contributed by atoms with Crippen molar-refractivity contribution in [2.24, 2.45) is 0 Å². The highest BCUT2D eigenvalue weighted by molar-refractivity contribution is 9.10. The molecule has 0 aliphatic carbocycles. The number of hydrogen-bond donors (Lipinski definition) is 1. The van der Waals surface area contributed by atoms with Gasteiger partial charge in [0, 0.05) is 11.1 Å². The number of aliphatic hydroxyl groups excluding tert-OH is 1. The third kappa shape index (κ3) is 3.76. The summed E-state index contributed by atoms with van der Waals surface area (Å²) in [5.41, 5.74) is 0.620. The van der Waals surface area contributed by atoms with E-state index in [0.29, 0.717) is 16.5 Å². The topological polar surface area (TPSA) is 29.5 Å². The van der Waals surface area contributed by atoms with Crippen LogP contribution in [0.1, 0.15) is 37.4 Å². The smallest absolute Gasteiger partial charge is 0.124 e. The minimum absolute atomic E-state index is 0.265. The minimum atomic E-state index is -0.619. The molecule has 1 heterocycles. The van der Waals surface area contributed by atoms with E-state index >= 15 is 0 Å². The molecule has 17 heavy (non-hydrogen) atoms. The molecule has 2 rings (SSSR count). The van der Waals surface area contributed by atoms with Crippen LogP contribution in [0.15, 0.2) is 22.7 Å².